The van der Waals surface area contributed by atoms with Gasteiger partial charge in [0, 0.05) is 29.2 Å². The van der Waals surface area contributed by atoms with E-state index in [0.29, 0.717) is 34.2 Å². The fourth-order valence-electron chi connectivity index (χ4n) is 3.75. The van der Waals surface area contributed by atoms with Crippen molar-refractivity contribution in [1.29, 1.82) is 0 Å². The number of rotatable bonds is 4. The minimum absolute atomic E-state index is 0.0352. The Bertz CT molecular complexity index is 1120. The van der Waals surface area contributed by atoms with Crippen molar-refractivity contribution in [2.24, 2.45) is 4.99 Å². The lowest BCUT2D eigenvalue weighted by molar-refractivity contribution is 0.0213. The number of hydrogen-bond acceptors (Lipinski definition) is 5. The molecule has 1 aromatic carbocycles. The van der Waals surface area contributed by atoms with Gasteiger partial charge in [0.05, 0.1) is 18.7 Å². The zero-order valence-corrected chi connectivity index (χ0v) is 22.5. The second-order valence-corrected chi connectivity index (χ2v) is 12.0. The van der Waals surface area contributed by atoms with Crippen molar-refractivity contribution in [2.75, 3.05) is 13.7 Å². The number of carbonyl (C=O) groups excluding carboxylic acids is 2. The van der Waals surface area contributed by atoms with Crippen LogP contribution in [0.4, 0.5) is 4.79 Å². The number of likely N-dealkylation sites (tertiary alicyclic amines) is 1. The average Bonchev–Trinajstić information content (AvgIpc) is 3.34. The molecule has 0 radical (unpaired) electrons. The first-order chi connectivity index (χ1) is 15.8. The molecule has 7 nitrogen and oxygen atoms in total. The van der Waals surface area contributed by atoms with Gasteiger partial charge in [-0.05, 0) is 57.2 Å². The highest BCUT2D eigenvalue weighted by Gasteiger charge is 2.33. The summed E-state index contributed by atoms with van der Waals surface area (Å²) in [6, 6.07) is 4.86. The van der Waals surface area contributed by atoms with Gasteiger partial charge < -0.3 is 18.9 Å². The van der Waals surface area contributed by atoms with Crippen LogP contribution in [0.2, 0.25) is 5.02 Å². The number of thiazole rings is 1. The minimum Gasteiger partial charge on any atom is -0.496 e. The first-order valence-corrected chi connectivity index (χ1v) is 12.6. The van der Waals surface area contributed by atoms with Crippen molar-refractivity contribution in [1.82, 2.24) is 9.47 Å². The lowest BCUT2D eigenvalue weighted by Gasteiger charge is -2.28. The van der Waals surface area contributed by atoms with Crippen molar-refractivity contribution >= 4 is 34.9 Å². The number of halogens is 1. The molecule has 1 aliphatic rings. The van der Waals surface area contributed by atoms with Gasteiger partial charge in [-0.2, -0.15) is 4.99 Å². The third-order valence-electron chi connectivity index (χ3n) is 5.46. The minimum atomic E-state index is -0.553. The molecule has 1 aromatic heterocycles. The molecule has 0 bridgehead atoms. The van der Waals surface area contributed by atoms with Gasteiger partial charge in [0.25, 0.3) is 5.91 Å². The van der Waals surface area contributed by atoms with E-state index in [4.69, 9.17) is 21.1 Å². The van der Waals surface area contributed by atoms with Crippen LogP contribution in [-0.4, -0.2) is 46.8 Å². The number of aromatic nitrogens is 1. The van der Waals surface area contributed by atoms with E-state index in [1.54, 1.807) is 23.1 Å². The van der Waals surface area contributed by atoms with Gasteiger partial charge in [0.1, 0.15) is 11.4 Å². The standard InChI is InChI=1S/C25H34ClN3O4S/c1-24(2,3)20-15-28(14-17-9-8-12-29(17)23(31)33-25(4,5)6)22(34-20)27-21(30)18-13-16(26)10-11-19(18)32-7/h10-11,13,15,17H,8-9,12,14H2,1-7H3/t17-/m1/s1. The molecule has 2 amide bonds. The van der Waals surface area contributed by atoms with Crippen LogP contribution >= 0.6 is 22.9 Å². The summed E-state index contributed by atoms with van der Waals surface area (Å²) < 4.78 is 12.9. The van der Waals surface area contributed by atoms with E-state index in [0.717, 1.165) is 17.7 Å². The van der Waals surface area contributed by atoms with E-state index in [-0.39, 0.29) is 17.6 Å². The number of carbonyl (C=O) groups is 2. The number of benzene rings is 1. The lowest BCUT2D eigenvalue weighted by Crippen LogP contribution is -2.42. The van der Waals surface area contributed by atoms with Crippen LogP contribution in [0.25, 0.3) is 0 Å². The van der Waals surface area contributed by atoms with E-state index >= 15 is 0 Å². The van der Waals surface area contributed by atoms with Gasteiger partial charge in [-0.15, -0.1) is 11.3 Å². The fraction of sp³-hybridized carbons (Fsp3) is 0.560. The summed E-state index contributed by atoms with van der Waals surface area (Å²) in [5, 5.41) is 0.438. The van der Waals surface area contributed by atoms with Crippen LogP contribution in [0, 0.1) is 0 Å². The third kappa shape index (κ3) is 6.42. The molecule has 0 spiro atoms. The summed E-state index contributed by atoms with van der Waals surface area (Å²) in [5.41, 5.74) is -0.358. The van der Waals surface area contributed by atoms with Gasteiger partial charge in [-0.25, -0.2) is 4.79 Å². The van der Waals surface area contributed by atoms with Crippen LogP contribution in [0.3, 0.4) is 0 Å². The van der Waals surface area contributed by atoms with Crippen molar-refractivity contribution in [3.63, 3.8) is 0 Å². The van der Waals surface area contributed by atoms with E-state index < -0.39 is 11.5 Å². The second kappa shape index (κ2) is 10.1. The Hall–Kier alpha value is -2.32. The maximum Gasteiger partial charge on any atom is 0.410 e. The number of hydrogen-bond donors (Lipinski definition) is 0. The summed E-state index contributed by atoms with van der Waals surface area (Å²) in [5.74, 6) is -0.00461. The van der Waals surface area contributed by atoms with Crippen LogP contribution in [0.5, 0.6) is 5.75 Å². The highest BCUT2D eigenvalue weighted by molar-refractivity contribution is 7.09. The highest BCUT2D eigenvalue weighted by atomic mass is 35.5. The van der Waals surface area contributed by atoms with Crippen molar-refractivity contribution in [3.8, 4) is 5.75 Å². The Morgan fingerprint density at radius 2 is 1.91 bits per heavy atom. The molecule has 0 aliphatic carbocycles. The smallest absolute Gasteiger partial charge is 0.410 e. The van der Waals surface area contributed by atoms with Crippen LogP contribution in [0.1, 0.15) is 69.6 Å². The van der Waals surface area contributed by atoms with Crippen LogP contribution in [-0.2, 0) is 16.7 Å². The first kappa shape index (κ1) is 26.3. The fourth-order valence-corrected chi connectivity index (χ4v) is 4.98. The summed E-state index contributed by atoms with van der Waals surface area (Å²) in [4.78, 5) is 33.8. The van der Waals surface area contributed by atoms with Crippen LogP contribution in [0.15, 0.2) is 29.4 Å². The molecule has 3 rings (SSSR count). The molecular formula is C25H34ClN3O4S. The average molecular weight is 508 g/mol. The molecule has 186 valence electrons. The molecule has 0 unspecified atom stereocenters. The Morgan fingerprint density at radius 1 is 1.21 bits per heavy atom. The molecule has 9 heteroatoms. The molecular weight excluding hydrogens is 474 g/mol. The summed E-state index contributed by atoms with van der Waals surface area (Å²) in [7, 11) is 1.51. The predicted octanol–water partition coefficient (Wildman–Crippen LogP) is 5.65. The maximum atomic E-state index is 13.1. The highest BCUT2D eigenvalue weighted by Crippen LogP contribution is 2.27. The van der Waals surface area contributed by atoms with E-state index in [2.05, 4.69) is 25.8 Å². The Morgan fingerprint density at radius 3 is 2.53 bits per heavy atom. The summed E-state index contributed by atoms with van der Waals surface area (Å²) in [6.07, 6.45) is 3.51. The molecule has 2 aromatic rings. The van der Waals surface area contributed by atoms with Crippen LogP contribution < -0.4 is 9.54 Å². The quantitative estimate of drug-likeness (QED) is 0.536. The zero-order chi connectivity index (χ0) is 25.3. The molecule has 1 fully saturated rings. The SMILES string of the molecule is COc1ccc(Cl)cc1C(=O)N=c1sc(C(C)(C)C)cn1C[C@H]1CCCN1C(=O)OC(C)(C)C. The van der Waals surface area contributed by atoms with E-state index in [1.807, 2.05) is 31.5 Å². The molecule has 1 aliphatic heterocycles. The maximum absolute atomic E-state index is 13.1. The Labute approximate surface area is 210 Å². The van der Waals surface area contributed by atoms with Crippen molar-refractivity contribution in [3.05, 3.63) is 44.7 Å². The summed E-state index contributed by atoms with van der Waals surface area (Å²) >= 11 is 7.60. The molecule has 1 saturated heterocycles. The number of ether oxygens (including phenoxy) is 2. The Balaban J connectivity index is 1.97. The van der Waals surface area contributed by atoms with Gasteiger partial charge in [0.2, 0.25) is 0 Å². The topological polar surface area (TPSA) is 73.1 Å². The van der Waals surface area contributed by atoms with Gasteiger partial charge >= 0.3 is 6.09 Å². The normalized spacial score (nSPS) is 17.2. The number of amides is 2. The van der Waals surface area contributed by atoms with Crippen molar-refractivity contribution in [2.45, 2.75) is 78.0 Å². The molecule has 2 heterocycles. The van der Waals surface area contributed by atoms with Gasteiger partial charge in [-0.1, -0.05) is 32.4 Å². The molecule has 0 saturated carbocycles. The molecule has 0 N–H and O–H groups in total. The van der Waals surface area contributed by atoms with E-state index in [1.165, 1.54) is 18.4 Å². The molecule has 34 heavy (non-hydrogen) atoms. The number of nitrogens with zero attached hydrogens (tertiary/aromatic N) is 3. The largest absolute Gasteiger partial charge is 0.496 e. The van der Waals surface area contributed by atoms with Crippen molar-refractivity contribution < 1.29 is 19.1 Å². The lowest BCUT2D eigenvalue weighted by atomic mass is 9.95. The molecule has 1 atom stereocenters. The second-order valence-electron chi connectivity index (χ2n) is 10.5. The van der Waals surface area contributed by atoms with E-state index in [9.17, 15) is 9.59 Å². The first-order valence-electron chi connectivity index (χ1n) is 11.4. The third-order valence-corrected chi connectivity index (χ3v) is 7.14. The Kier molecular flexibility index (Phi) is 7.82. The number of methoxy groups -OCH3 is 1. The zero-order valence-electron chi connectivity index (χ0n) is 21.0. The summed E-state index contributed by atoms with van der Waals surface area (Å²) in [6.45, 7) is 13.2. The van der Waals surface area contributed by atoms with Gasteiger partial charge in [-0.3, -0.25) is 4.79 Å². The predicted molar refractivity (Wildman–Crippen MR) is 135 cm³/mol. The van der Waals surface area contributed by atoms with Gasteiger partial charge in [0.15, 0.2) is 4.80 Å². The monoisotopic (exact) mass is 507 g/mol.